The summed E-state index contributed by atoms with van der Waals surface area (Å²) in [5.41, 5.74) is 2.75. The molecule has 0 spiro atoms. The lowest BCUT2D eigenvalue weighted by Crippen LogP contribution is -2.50. The molecule has 26 heavy (non-hydrogen) atoms. The van der Waals surface area contributed by atoms with Crippen molar-refractivity contribution < 1.29 is 14.7 Å². The molecule has 2 aromatic rings. The first kappa shape index (κ1) is 16.6. The van der Waals surface area contributed by atoms with E-state index in [0.717, 1.165) is 24.2 Å². The Morgan fingerprint density at radius 1 is 1.04 bits per heavy atom. The van der Waals surface area contributed by atoms with Crippen molar-refractivity contribution in [3.63, 3.8) is 0 Å². The molecule has 1 aromatic carbocycles. The maximum absolute atomic E-state index is 12.8. The quantitative estimate of drug-likeness (QED) is 0.722. The second-order valence-electron chi connectivity index (χ2n) is 6.56. The molecule has 2 aliphatic heterocycles. The summed E-state index contributed by atoms with van der Waals surface area (Å²) >= 11 is 0. The first-order valence-corrected chi connectivity index (χ1v) is 8.78. The van der Waals surface area contributed by atoms with Crippen molar-refractivity contribution in [2.24, 2.45) is 0 Å². The highest BCUT2D eigenvalue weighted by Gasteiger charge is 2.30. The zero-order valence-electron chi connectivity index (χ0n) is 14.4. The van der Waals surface area contributed by atoms with E-state index in [-0.39, 0.29) is 17.6 Å². The maximum atomic E-state index is 12.8. The van der Waals surface area contributed by atoms with Gasteiger partial charge in [-0.2, -0.15) is 5.10 Å². The molecule has 3 heterocycles. The van der Waals surface area contributed by atoms with Gasteiger partial charge in [0.25, 0.3) is 11.8 Å². The Kier molecular flexibility index (Phi) is 4.34. The fourth-order valence-electron chi connectivity index (χ4n) is 3.49. The van der Waals surface area contributed by atoms with Crippen LogP contribution in [0.1, 0.15) is 32.1 Å². The molecule has 0 aliphatic carbocycles. The van der Waals surface area contributed by atoms with Gasteiger partial charge in [0.05, 0.1) is 5.56 Å². The first-order chi connectivity index (χ1) is 12.6. The van der Waals surface area contributed by atoms with Gasteiger partial charge in [0.1, 0.15) is 5.75 Å². The minimum Gasteiger partial charge on any atom is -0.507 e. The number of rotatable bonds is 2. The van der Waals surface area contributed by atoms with Crippen LogP contribution in [0, 0.1) is 0 Å². The molecule has 0 bridgehead atoms. The molecule has 2 amide bonds. The number of nitrogens with one attached hydrogen (secondary N) is 2. The number of phenols is 1. The number of aromatic nitrogens is 2. The molecule has 1 aromatic heterocycles. The van der Waals surface area contributed by atoms with Gasteiger partial charge in [0.2, 0.25) is 0 Å². The Balaban J connectivity index is 1.42. The van der Waals surface area contributed by atoms with Crippen LogP contribution in [-0.4, -0.2) is 69.6 Å². The lowest BCUT2D eigenvalue weighted by Gasteiger charge is -2.34. The summed E-state index contributed by atoms with van der Waals surface area (Å²) in [5.74, 6) is -0.330. The number of carbonyl (C=O) groups is 2. The average Bonchev–Trinajstić information content (AvgIpc) is 3.11. The maximum Gasteiger partial charge on any atom is 0.274 e. The van der Waals surface area contributed by atoms with Gasteiger partial charge in [-0.1, -0.05) is 12.1 Å². The van der Waals surface area contributed by atoms with Gasteiger partial charge in [-0.25, -0.2) is 0 Å². The van der Waals surface area contributed by atoms with Gasteiger partial charge < -0.3 is 20.2 Å². The number of piperazine rings is 1. The van der Waals surface area contributed by atoms with Crippen LogP contribution in [0.2, 0.25) is 0 Å². The number of hydrogen-bond donors (Lipinski definition) is 3. The summed E-state index contributed by atoms with van der Waals surface area (Å²) in [6, 6.07) is 6.52. The summed E-state index contributed by atoms with van der Waals surface area (Å²) in [6.07, 6.45) is 0.846. The number of H-pyrrole nitrogens is 1. The van der Waals surface area contributed by atoms with Crippen LogP contribution in [0.4, 0.5) is 0 Å². The lowest BCUT2D eigenvalue weighted by atomic mass is 10.1. The molecule has 2 aliphatic rings. The van der Waals surface area contributed by atoms with E-state index in [1.807, 2.05) is 0 Å². The second kappa shape index (κ2) is 6.80. The van der Waals surface area contributed by atoms with Crippen molar-refractivity contribution in [3.05, 3.63) is 46.8 Å². The van der Waals surface area contributed by atoms with Crippen molar-refractivity contribution in [2.75, 3.05) is 32.7 Å². The second-order valence-corrected chi connectivity index (χ2v) is 6.56. The van der Waals surface area contributed by atoms with E-state index in [1.165, 1.54) is 6.07 Å². The van der Waals surface area contributed by atoms with Crippen LogP contribution in [0.3, 0.4) is 0 Å². The molecule has 136 valence electrons. The Hall–Kier alpha value is -2.87. The monoisotopic (exact) mass is 355 g/mol. The van der Waals surface area contributed by atoms with Crippen LogP contribution >= 0.6 is 0 Å². The normalized spacial score (nSPS) is 17.1. The minimum atomic E-state index is -0.212. The molecular formula is C18H21N5O3. The number of aromatic amines is 1. The van der Waals surface area contributed by atoms with Crippen molar-refractivity contribution in [1.82, 2.24) is 25.3 Å². The number of carbonyl (C=O) groups excluding carboxylic acids is 2. The minimum absolute atomic E-state index is 0.0216. The summed E-state index contributed by atoms with van der Waals surface area (Å²) < 4.78 is 0. The Bertz CT molecular complexity index is 839. The third-order valence-corrected chi connectivity index (χ3v) is 5.00. The van der Waals surface area contributed by atoms with Gasteiger partial charge in [-0.15, -0.1) is 0 Å². The number of phenolic OH excluding ortho intramolecular Hbond substituents is 1. The molecule has 1 saturated heterocycles. The molecule has 0 saturated carbocycles. The Morgan fingerprint density at radius 3 is 2.46 bits per heavy atom. The third-order valence-electron chi connectivity index (χ3n) is 5.00. The molecule has 1 fully saturated rings. The number of para-hydroxylation sites is 1. The summed E-state index contributed by atoms with van der Waals surface area (Å²) in [4.78, 5) is 28.8. The third kappa shape index (κ3) is 2.92. The first-order valence-electron chi connectivity index (χ1n) is 8.78. The largest absolute Gasteiger partial charge is 0.507 e. The molecule has 4 rings (SSSR count). The smallest absolute Gasteiger partial charge is 0.274 e. The topological polar surface area (TPSA) is 102 Å². The molecule has 0 unspecified atom stereocenters. The highest BCUT2D eigenvalue weighted by molar-refractivity contribution is 5.97. The number of hydrogen-bond acceptors (Lipinski definition) is 5. The molecular weight excluding hydrogens is 334 g/mol. The van der Waals surface area contributed by atoms with Crippen LogP contribution in [0.15, 0.2) is 24.3 Å². The summed E-state index contributed by atoms with van der Waals surface area (Å²) in [5, 5.41) is 20.3. The molecule has 0 atom stereocenters. The van der Waals surface area contributed by atoms with Gasteiger partial charge in [0, 0.05) is 56.9 Å². The SMILES string of the molecule is O=C(c1ccccc1O)N1CCN(C(=O)c2n[nH]c3c2CNCC3)CC1. The Labute approximate surface area is 150 Å². The molecule has 8 heteroatoms. The van der Waals surface area contributed by atoms with E-state index in [1.54, 1.807) is 28.0 Å². The van der Waals surface area contributed by atoms with Crippen LogP contribution < -0.4 is 5.32 Å². The summed E-state index contributed by atoms with van der Waals surface area (Å²) in [7, 11) is 0. The number of nitrogens with zero attached hydrogens (tertiary/aromatic N) is 3. The Morgan fingerprint density at radius 2 is 1.73 bits per heavy atom. The van der Waals surface area contributed by atoms with Gasteiger partial charge in [-0.3, -0.25) is 14.7 Å². The predicted octanol–water partition coefficient (Wildman–Crippen LogP) is 0.359. The van der Waals surface area contributed by atoms with E-state index >= 15 is 0 Å². The lowest BCUT2D eigenvalue weighted by molar-refractivity contribution is 0.0529. The van der Waals surface area contributed by atoms with E-state index in [0.29, 0.717) is 44.0 Å². The highest BCUT2D eigenvalue weighted by Crippen LogP contribution is 2.20. The van der Waals surface area contributed by atoms with E-state index in [2.05, 4.69) is 15.5 Å². The van der Waals surface area contributed by atoms with Gasteiger partial charge in [-0.05, 0) is 12.1 Å². The van der Waals surface area contributed by atoms with E-state index in [4.69, 9.17) is 0 Å². The van der Waals surface area contributed by atoms with E-state index < -0.39 is 0 Å². The fourth-order valence-corrected chi connectivity index (χ4v) is 3.49. The van der Waals surface area contributed by atoms with Crippen LogP contribution in [-0.2, 0) is 13.0 Å². The van der Waals surface area contributed by atoms with Crippen molar-refractivity contribution in [3.8, 4) is 5.75 Å². The fraction of sp³-hybridized carbons (Fsp3) is 0.389. The number of fused-ring (bicyclic) bond motifs is 1. The zero-order valence-corrected chi connectivity index (χ0v) is 14.4. The molecule has 8 nitrogen and oxygen atoms in total. The predicted molar refractivity (Wildman–Crippen MR) is 93.9 cm³/mol. The van der Waals surface area contributed by atoms with Crippen LogP contribution in [0.5, 0.6) is 5.75 Å². The van der Waals surface area contributed by atoms with Crippen molar-refractivity contribution >= 4 is 11.8 Å². The van der Waals surface area contributed by atoms with Crippen molar-refractivity contribution in [2.45, 2.75) is 13.0 Å². The highest BCUT2D eigenvalue weighted by atomic mass is 16.3. The average molecular weight is 355 g/mol. The van der Waals surface area contributed by atoms with Gasteiger partial charge >= 0.3 is 0 Å². The van der Waals surface area contributed by atoms with E-state index in [9.17, 15) is 14.7 Å². The molecule has 0 radical (unpaired) electrons. The number of amides is 2. The zero-order chi connectivity index (χ0) is 18.1. The van der Waals surface area contributed by atoms with Crippen molar-refractivity contribution in [1.29, 1.82) is 0 Å². The van der Waals surface area contributed by atoms with Crippen LogP contribution in [0.25, 0.3) is 0 Å². The standard InChI is InChI=1S/C18H21N5O3/c24-15-4-2-1-3-12(15)17(25)22-7-9-23(10-8-22)18(26)16-13-11-19-6-5-14(13)20-21-16/h1-4,19,24H,5-11H2,(H,20,21). The number of benzene rings is 1. The molecule has 3 N–H and O–H groups in total. The number of aromatic hydroxyl groups is 1. The summed E-state index contributed by atoms with van der Waals surface area (Å²) in [6.45, 7) is 3.31. The van der Waals surface area contributed by atoms with Gasteiger partial charge in [0.15, 0.2) is 5.69 Å².